The molecule has 5 N–H and O–H groups in total. The van der Waals surface area contributed by atoms with Crippen molar-refractivity contribution in [2.24, 2.45) is 5.73 Å². The Hall–Kier alpha value is -1.81. The standard InChI is InChI=1S/C11H19N3O6S.C2H6/c1-20-9(16)4-13-10(17)7(5-21)14-8(15)3-2-6(12)11(18)19;1-2/h6-7,21H,2-5,12H2,1H3,(H,13,17)(H,14,15)(H,18,19);1-2H3. The number of nitrogens with two attached hydrogens (primary N) is 1. The van der Waals surface area contributed by atoms with E-state index in [2.05, 4.69) is 28.0 Å². The SMILES string of the molecule is CC.COC(=O)CNC(=O)C(CS)NC(=O)CCC(N)C(=O)O. The largest absolute Gasteiger partial charge is 0.480 e. The molecule has 0 spiro atoms. The van der Waals surface area contributed by atoms with E-state index in [0.29, 0.717) is 0 Å². The van der Waals surface area contributed by atoms with Gasteiger partial charge in [0.25, 0.3) is 0 Å². The topological polar surface area (TPSA) is 148 Å². The van der Waals surface area contributed by atoms with Crippen molar-refractivity contribution >= 4 is 36.4 Å². The molecule has 0 saturated heterocycles. The fourth-order valence-electron chi connectivity index (χ4n) is 1.23. The van der Waals surface area contributed by atoms with Crippen molar-refractivity contribution in [2.45, 2.75) is 38.8 Å². The summed E-state index contributed by atoms with van der Waals surface area (Å²) in [6.45, 7) is 3.68. The lowest BCUT2D eigenvalue weighted by atomic mass is 10.1. The Labute approximate surface area is 140 Å². The highest BCUT2D eigenvalue weighted by Crippen LogP contribution is 1.97. The highest BCUT2D eigenvalue weighted by atomic mass is 32.1. The van der Waals surface area contributed by atoms with Crippen molar-refractivity contribution in [3.63, 3.8) is 0 Å². The zero-order valence-corrected chi connectivity index (χ0v) is 14.4. The summed E-state index contributed by atoms with van der Waals surface area (Å²) in [5.41, 5.74) is 5.26. The Balaban J connectivity index is 0. The predicted molar refractivity (Wildman–Crippen MR) is 87.0 cm³/mol. The van der Waals surface area contributed by atoms with Gasteiger partial charge in [-0.05, 0) is 6.42 Å². The number of methoxy groups -OCH3 is 1. The molecule has 2 unspecified atom stereocenters. The number of rotatable bonds is 9. The van der Waals surface area contributed by atoms with E-state index < -0.39 is 35.8 Å². The second kappa shape index (κ2) is 13.8. The lowest BCUT2D eigenvalue weighted by Gasteiger charge is -2.16. The first-order valence-corrected chi connectivity index (χ1v) is 7.68. The molecule has 0 saturated carbocycles. The maximum absolute atomic E-state index is 11.7. The normalized spacial score (nSPS) is 12.0. The summed E-state index contributed by atoms with van der Waals surface area (Å²) in [4.78, 5) is 44.6. The number of carboxylic acid groups (broad SMARTS) is 1. The molecule has 0 rings (SSSR count). The third kappa shape index (κ3) is 11.4. The summed E-state index contributed by atoms with van der Waals surface area (Å²) < 4.78 is 4.35. The molecule has 0 aliphatic heterocycles. The van der Waals surface area contributed by atoms with Gasteiger partial charge in [-0.1, -0.05) is 13.8 Å². The third-order valence-corrected chi connectivity index (χ3v) is 2.83. The Morgan fingerprint density at radius 1 is 1.26 bits per heavy atom. The molecule has 9 nitrogen and oxygen atoms in total. The summed E-state index contributed by atoms with van der Waals surface area (Å²) in [5, 5.41) is 13.2. The van der Waals surface area contributed by atoms with Gasteiger partial charge in [0.2, 0.25) is 11.8 Å². The number of nitrogens with one attached hydrogen (secondary N) is 2. The Morgan fingerprint density at radius 3 is 2.26 bits per heavy atom. The van der Waals surface area contributed by atoms with Crippen LogP contribution in [0, 0.1) is 0 Å². The second-order valence-electron chi connectivity index (χ2n) is 4.08. The number of aliphatic carboxylic acids is 1. The van der Waals surface area contributed by atoms with Crippen molar-refractivity contribution in [1.82, 2.24) is 10.6 Å². The molecule has 0 bridgehead atoms. The molecule has 134 valence electrons. The highest BCUT2D eigenvalue weighted by Gasteiger charge is 2.21. The van der Waals surface area contributed by atoms with Crippen LogP contribution in [0.4, 0.5) is 0 Å². The van der Waals surface area contributed by atoms with Crippen molar-refractivity contribution < 1.29 is 29.0 Å². The van der Waals surface area contributed by atoms with Crippen LogP contribution in [0.1, 0.15) is 26.7 Å². The lowest BCUT2D eigenvalue weighted by Crippen LogP contribution is -2.49. The van der Waals surface area contributed by atoms with Crippen molar-refractivity contribution in [1.29, 1.82) is 0 Å². The summed E-state index contributed by atoms with van der Waals surface area (Å²) in [6, 6.07) is -2.08. The summed E-state index contributed by atoms with van der Waals surface area (Å²) >= 11 is 3.93. The van der Waals surface area contributed by atoms with Gasteiger partial charge in [-0.25, -0.2) is 0 Å². The van der Waals surface area contributed by atoms with Gasteiger partial charge in [-0.15, -0.1) is 0 Å². The molecule has 0 fully saturated rings. The van der Waals surface area contributed by atoms with Crippen LogP contribution in [0.3, 0.4) is 0 Å². The number of hydrogen-bond donors (Lipinski definition) is 5. The molecule has 2 amide bonds. The van der Waals surface area contributed by atoms with Crippen LogP contribution in [0.15, 0.2) is 0 Å². The molecule has 0 aliphatic rings. The van der Waals surface area contributed by atoms with E-state index in [9.17, 15) is 19.2 Å². The smallest absolute Gasteiger partial charge is 0.325 e. The number of amides is 2. The van der Waals surface area contributed by atoms with Gasteiger partial charge in [-0.3, -0.25) is 19.2 Å². The van der Waals surface area contributed by atoms with Gasteiger partial charge in [-0.2, -0.15) is 12.6 Å². The van der Waals surface area contributed by atoms with Gasteiger partial charge in [0, 0.05) is 12.2 Å². The van der Waals surface area contributed by atoms with Crippen LogP contribution in [0.25, 0.3) is 0 Å². The van der Waals surface area contributed by atoms with Crippen LogP contribution in [0.5, 0.6) is 0 Å². The monoisotopic (exact) mass is 351 g/mol. The fraction of sp³-hybridized carbons (Fsp3) is 0.692. The molecule has 0 aromatic heterocycles. The fourth-order valence-corrected chi connectivity index (χ4v) is 1.48. The molecule has 23 heavy (non-hydrogen) atoms. The van der Waals surface area contributed by atoms with Gasteiger partial charge >= 0.3 is 11.9 Å². The molecular formula is C13H25N3O6S. The van der Waals surface area contributed by atoms with Crippen LogP contribution in [-0.2, 0) is 23.9 Å². The van der Waals surface area contributed by atoms with Crippen molar-refractivity contribution in [3.8, 4) is 0 Å². The Bertz CT molecular complexity index is 405. The van der Waals surface area contributed by atoms with Crippen molar-refractivity contribution in [2.75, 3.05) is 19.4 Å². The second-order valence-corrected chi connectivity index (χ2v) is 4.45. The van der Waals surface area contributed by atoms with E-state index in [4.69, 9.17) is 10.8 Å². The minimum absolute atomic E-state index is 0.0176. The predicted octanol–water partition coefficient (Wildman–Crippen LogP) is -1.09. The molecule has 0 radical (unpaired) electrons. The van der Waals surface area contributed by atoms with Gasteiger partial charge in [0.05, 0.1) is 7.11 Å². The van der Waals surface area contributed by atoms with E-state index in [1.54, 1.807) is 0 Å². The zero-order chi connectivity index (χ0) is 18.4. The first-order chi connectivity index (χ1) is 10.8. The molecule has 10 heteroatoms. The average molecular weight is 351 g/mol. The lowest BCUT2D eigenvalue weighted by molar-refractivity contribution is -0.141. The van der Waals surface area contributed by atoms with Crippen LogP contribution in [-0.4, -0.2) is 60.4 Å². The van der Waals surface area contributed by atoms with E-state index >= 15 is 0 Å². The molecule has 0 aliphatic carbocycles. The van der Waals surface area contributed by atoms with Crippen LogP contribution >= 0.6 is 12.6 Å². The average Bonchev–Trinajstić information content (AvgIpc) is 2.56. The van der Waals surface area contributed by atoms with E-state index in [-0.39, 0.29) is 25.1 Å². The number of carbonyl (C=O) groups is 4. The van der Waals surface area contributed by atoms with Crippen molar-refractivity contribution in [3.05, 3.63) is 0 Å². The molecule has 0 heterocycles. The number of ether oxygens (including phenoxy) is 1. The molecule has 2 atom stereocenters. The quantitative estimate of drug-likeness (QED) is 0.262. The Kier molecular flexibility index (Phi) is 14.1. The van der Waals surface area contributed by atoms with E-state index in [0.717, 1.165) is 0 Å². The maximum atomic E-state index is 11.7. The number of carbonyl (C=O) groups excluding carboxylic acids is 3. The first kappa shape index (κ1) is 23.5. The summed E-state index contributed by atoms with van der Waals surface area (Å²) in [5.74, 6) is -2.93. The highest BCUT2D eigenvalue weighted by molar-refractivity contribution is 7.80. The van der Waals surface area contributed by atoms with E-state index in [1.165, 1.54) is 7.11 Å². The minimum Gasteiger partial charge on any atom is -0.480 e. The number of carboxylic acids is 1. The van der Waals surface area contributed by atoms with Gasteiger partial charge < -0.3 is 26.2 Å². The summed E-state index contributed by atoms with van der Waals surface area (Å²) in [7, 11) is 1.18. The molecule has 0 aromatic rings. The maximum Gasteiger partial charge on any atom is 0.325 e. The Morgan fingerprint density at radius 2 is 1.83 bits per heavy atom. The number of hydrogen-bond acceptors (Lipinski definition) is 7. The van der Waals surface area contributed by atoms with Crippen LogP contribution < -0.4 is 16.4 Å². The zero-order valence-electron chi connectivity index (χ0n) is 13.5. The number of thiol groups is 1. The first-order valence-electron chi connectivity index (χ1n) is 7.05. The summed E-state index contributed by atoms with van der Waals surface area (Å²) in [6.07, 6.45) is -0.188. The van der Waals surface area contributed by atoms with Gasteiger partial charge in [0.15, 0.2) is 0 Å². The third-order valence-electron chi connectivity index (χ3n) is 2.47. The van der Waals surface area contributed by atoms with Crippen LogP contribution in [0.2, 0.25) is 0 Å². The minimum atomic E-state index is -1.20. The van der Waals surface area contributed by atoms with E-state index in [1.807, 2.05) is 13.8 Å². The number of esters is 1. The van der Waals surface area contributed by atoms with Gasteiger partial charge in [0.1, 0.15) is 18.6 Å². The molecule has 0 aromatic carbocycles. The molecular weight excluding hydrogens is 326 g/mol.